The Balaban J connectivity index is 1.46. The van der Waals surface area contributed by atoms with Gasteiger partial charge in [-0.05, 0) is 35.2 Å². The zero-order valence-electron chi connectivity index (χ0n) is 24.0. The highest BCUT2D eigenvalue weighted by atomic mass is 35.5. The number of carboxylic acid groups (broad SMARTS) is 1. The van der Waals surface area contributed by atoms with Gasteiger partial charge in [-0.15, -0.1) is 15.0 Å². The molecule has 4 aromatic rings. The fourth-order valence-electron chi connectivity index (χ4n) is 4.34. The van der Waals surface area contributed by atoms with Crippen LogP contribution in [0.5, 0.6) is 0 Å². The average molecular weight is 630 g/mol. The van der Waals surface area contributed by atoms with Crippen LogP contribution in [0.15, 0.2) is 48.5 Å². The van der Waals surface area contributed by atoms with E-state index in [1.165, 1.54) is 0 Å². The van der Waals surface area contributed by atoms with Crippen LogP contribution in [-0.2, 0) is 27.3 Å². The minimum atomic E-state index is -1.13. The predicted molar refractivity (Wildman–Crippen MR) is 154 cm³/mol. The lowest BCUT2D eigenvalue weighted by Crippen LogP contribution is -2.19. The minimum Gasteiger partial charge on any atom is -0.476 e. The first-order chi connectivity index (χ1) is 21.2. The van der Waals surface area contributed by atoms with Gasteiger partial charge in [-0.25, -0.2) is 14.6 Å². The highest BCUT2D eigenvalue weighted by Crippen LogP contribution is 2.30. The maximum Gasteiger partial charge on any atom is 0.510 e. The van der Waals surface area contributed by atoms with Crippen LogP contribution < -0.4 is 0 Å². The number of aryl methyl sites for hydroxylation is 1. The predicted octanol–water partition coefficient (Wildman–Crippen LogP) is 5.02. The summed E-state index contributed by atoms with van der Waals surface area (Å²) in [5, 5.41) is 38.8. The molecule has 1 atom stereocenters. The van der Waals surface area contributed by atoms with Gasteiger partial charge >= 0.3 is 12.1 Å². The number of nitrogens with zero attached hydrogens (tertiary/aromatic N) is 7. The molecule has 0 aliphatic heterocycles. The van der Waals surface area contributed by atoms with E-state index >= 15 is 0 Å². The number of rotatable bonds is 15. The van der Waals surface area contributed by atoms with Gasteiger partial charge in [-0.2, -0.15) is 0 Å². The maximum absolute atomic E-state index is 12.0. The van der Waals surface area contributed by atoms with Gasteiger partial charge in [-0.1, -0.05) is 73.5 Å². The van der Waals surface area contributed by atoms with Crippen LogP contribution in [0.2, 0.25) is 5.15 Å². The van der Waals surface area contributed by atoms with Crippen molar-refractivity contribution < 1.29 is 39.4 Å². The maximum atomic E-state index is 12.0. The van der Waals surface area contributed by atoms with Crippen molar-refractivity contribution in [3.8, 4) is 22.5 Å². The van der Waals surface area contributed by atoms with E-state index in [1.54, 1.807) is 11.5 Å². The van der Waals surface area contributed by atoms with E-state index < -0.39 is 23.7 Å². The van der Waals surface area contributed by atoms with Crippen LogP contribution in [0.4, 0.5) is 4.79 Å². The Morgan fingerprint density at radius 2 is 1.77 bits per heavy atom. The van der Waals surface area contributed by atoms with Crippen LogP contribution in [-0.4, -0.2) is 76.0 Å². The number of tetrazole rings is 1. The largest absolute Gasteiger partial charge is 0.510 e. The number of hydrogen-bond donors (Lipinski definition) is 3. The molecule has 16 heteroatoms. The summed E-state index contributed by atoms with van der Waals surface area (Å²) in [5.74, 6) is -0.184. The highest BCUT2D eigenvalue weighted by Gasteiger charge is 2.22. The molecule has 2 aromatic heterocycles. The fraction of sp³-hybridized carbons (Fsp3) is 0.357. The zero-order valence-corrected chi connectivity index (χ0v) is 24.8. The molecule has 0 saturated carbocycles. The molecule has 0 saturated heterocycles. The molecule has 0 fully saturated rings. The van der Waals surface area contributed by atoms with Crippen molar-refractivity contribution in [1.82, 2.24) is 35.1 Å². The molecule has 15 nitrogen and oxygen atoms in total. The normalized spacial score (nSPS) is 12.0. The lowest BCUT2D eigenvalue weighted by Gasteiger charge is -2.12. The monoisotopic (exact) mass is 629 g/mol. The number of carbonyl (C=O) groups excluding carboxylic acids is 1. The highest BCUT2D eigenvalue weighted by molar-refractivity contribution is 6.32. The van der Waals surface area contributed by atoms with E-state index in [-0.39, 0.29) is 30.5 Å². The average Bonchev–Trinajstić information content (AvgIpc) is 3.61. The molecule has 234 valence electrons. The van der Waals surface area contributed by atoms with Gasteiger partial charge in [0.05, 0.1) is 18.6 Å². The van der Waals surface area contributed by atoms with E-state index in [1.807, 2.05) is 48.5 Å². The van der Waals surface area contributed by atoms with E-state index in [2.05, 4.69) is 32.2 Å². The first-order valence-corrected chi connectivity index (χ1v) is 14.2. The summed E-state index contributed by atoms with van der Waals surface area (Å²) >= 11 is 6.17. The van der Waals surface area contributed by atoms with E-state index in [4.69, 9.17) is 31.5 Å². The quantitative estimate of drug-likeness (QED) is 0.0904. The van der Waals surface area contributed by atoms with Gasteiger partial charge in [-0.3, -0.25) is 15.3 Å². The van der Waals surface area contributed by atoms with E-state index in [0.717, 1.165) is 34.3 Å². The number of imidazole rings is 1. The Kier molecular flexibility index (Phi) is 11.3. The third-order valence-electron chi connectivity index (χ3n) is 6.47. The first-order valence-electron chi connectivity index (χ1n) is 13.8. The summed E-state index contributed by atoms with van der Waals surface area (Å²) in [6, 6.07) is 15.2. The molecule has 0 aliphatic rings. The number of ether oxygens (including phenoxy) is 2. The van der Waals surface area contributed by atoms with Crippen molar-refractivity contribution >= 4 is 23.7 Å². The molecule has 0 spiro atoms. The van der Waals surface area contributed by atoms with Gasteiger partial charge < -0.3 is 19.1 Å². The summed E-state index contributed by atoms with van der Waals surface area (Å²) in [6.07, 6.45) is 0.740. The van der Waals surface area contributed by atoms with Gasteiger partial charge in [0.25, 0.3) is 0 Å². The SMILES string of the molecule is CCCCc1nc(Cl)c(C(=O)O)n1Cc1ccc(-c2ccccc2-c2nnn(C(C)OC(=O)OCCCON(O)O)n2)cc1. The third kappa shape index (κ3) is 8.36. The Morgan fingerprint density at radius 3 is 2.45 bits per heavy atom. The van der Waals surface area contributed by atoms with Crippen LogP contribution in [0, 0.1) is 0 Å². The Hall–Kier alpha value is -4.41. The molecular weight excluding hydrogens is 598 g/mol. The molecule has 0 aliphatic carbocycles. The van der Waals surface area contributed by atoms with Crippen molar-refractivity contribution in [2.24, 2.45) is 0 Å². The summed E-state index contributed by atoms with van der Waals surface area (Å²) in [7, 11) is 0. The Morgan fingerprint density at radius 1 is 1.05 bits per heavy atom. The molecule has 0 amide bonds. The molecule has 2 heterocycles. The molecule has 1 unspecified atom stereocenters. The van der Waals surface area contributed by atoms with Gasteiger partial charge in [0.15, 0.2) is 10.8 Å². The number of carboxylic acids is 1. The molecule has 44 heavy (non-hydrogen) atoms. The first kappa shape index (κ1) is 32.5. The van der Waals surface area contributed by atoms with Crippen molar-refractivity contribution in [3.05, 3.63) is 70.8 Å². The van der Waals surface area contributed by atoms with Crippen molar-refractivity contribution in [1.29, 1.82) is 0 Å². The van der Waals surface area contributed by atoms with Gasteiger partial charge in [0.1, 0.15) is 5.82 Å². The summed E-state index contributed by atoms with van der Waals surface area (Å²) in [5.41, 5.74) is 3.24. The van der Waals surface area contributed by atoms with Crippen LogP contribution in [0.3, 0.4) is 0 Å². The number of aromatic nitrogens is 6. The van der Waals surface area contributed by atoms with Crippen molar-refractivity contribution in [3.63, 3.8) is 0 Å². The lowest BCUT2D eigenvalue weighted by atomic mass is 9.98. The number of benzene rings is 2. The van der Waals surface area contributed by atoms with E-state index in [0.29, 0.717) is 30.2 Å². The summed E-state index contributed by atoms with van der Waals surface area (Å²) in [4.78, 5) is 33.7. The summed E-state index contributed by atoms with van der Waals surface area (Å²) < 4.78 is 11.8. The fourth-order valence-corrected chi connectivity index (χ4v) is 4.62. The molecule has 0 bridgehead atoms. The van der Waals surface area contributed by atoms with Crippen molar-refractivity contribution in [2.75, 3.05) is 13.2 Å². The Bertz CT molecular complexity index is 1560. The number of carbonyl (C=O) groups is 2. The standard InChI is InChI=1S/C28H32ClN7O8/c1-3-4-10-23-30-25(29)24(27(37)38)34(23)17-19-11-13-20(14-12-19)21-8-5-6-9-22(21)26-31-33-35(32-26)18(2)44-28(39)42-15-7-16-43-36(40)41/h5-6,8-9,11-14,18,40-41H,3-4,7,10,15-17H2,1-2H3,(H,37,38). The van der Waals surface area contributed by atoms with Gasteiger partial charge in [0, 0.05) is 24.9 Å². The number of halogens is 1. The second-order valence-corrected chi connectivity index (χ2v) is 9.95. The Labute approximate surface area is 257 Å². The number of aromatic carboxylic acids is 1. The zero-order chi connectivity index (χ0) is 31.6. The van der Waals surface area contributed by atoms with E-state index in [9.17, 15) is 14.7 Å². The second-order valence-electron chi connectivity index (χ2n) is 9.59. The topological polar surface area (TPSA) is 187 Å². The molecule has 3 N–H and O–H groups in total. The smallest absolute Gasteiger partial charge is 0.476 e. The number of hydrogen-bond acceptors (Lipinski definition) is 12. The third-order valence-corrected chi connectivity index (χ3v) is 6.73. The molecular formula is C28H32ClN7O8. The number of unbranched alkanes of at least 4 members (excludes halogenated alkanes) is 1. The molecule has 4 rings (SSSR count). The van der Waals surface area contributed by atoms with Crippen LogP contribution in [0.25, 0.3) is 22.5 Å². The lowest BCUT2D eigenvalue weighted by molar-refractivity contribution is -0.492. The molecule has 2 aromatic carbocycles. The van der Waals surface area contributed by atoms with Crippen LogP contribution in [0.1, 0.15) is 61.2 Å². The van der Waals surface area contributed by atoms with Crippen LogP contribution >= 0.6 is 11.6 Å². The van der Waals surface area contributed by atoms with Gasteiger partial charge in [0.2, 0.25) is 12.1 Å². The summed E-state index contributed by atoms with van der Waals surface area (Å²) in [6.45, 7) is 3.75. The second kappa shape index (κ2) is 15.4. The van der Waals surface area contributed by atoms with Crippen molar-refractivity contribution in [2.45, 2.75) is 52.3 Å². The minimum absolute atomic E-state index is 0.0179. The molecule has 0 radical (unpaired) electrons.